The first-order valence-corrected chi connectivity index (χ1v) is 12.3. The number of aryl methyl sites for hydroxylation is 1. The number of ether oxygens (including phenoxy) is 2. The third-order valence-corrected chi connectivity index (χ3v) is 6.11. The summed E-state index contributed by atoms with van der Waals surface area (Å²) >= 11 is 0. The number of hydrogen-bond donors (Lipinski definition) is 3. The highest BCUT2D eigenvalue weighted by Gasteiger charge is 2.46. The van der Waals surface area contributed by atoms with Gasteiger partial charge in [-0.15, -0.1) is 0 Å². The van der Waals surface area contributed by atoms with Crippen molar-refractivity contribution in [2.24, 2.45) is 5.41 Å². The van der Waals surface area contributed by atoms with E-state index in [0.717, 1.165) is 11.1 Å². The van der Waals surface area contributed by atoms with Crippen LogP contribution in [-0.4, -0.2) is 70.3 Å². The number of rotatable bonds is 6. The van der Waals surface area contributed by atoms with Gasteiger partial charge in [0.05, 0.1) is 19.2 Å². The Hall–Kier alpha value is -3.56. The molecule has 1 aliphatic heterocycles. The summed E-state index contributed by atoms with van der Waals surface area (Å²) in [5, 5.41) is 16.3. The van der Waals surface area contributed by atoms with Gasteiger partial charge in [-0.05, 0) is 45.2 Å². The highest BCUT2D eigenvalue weighted by molar-refractivity contribution is 5.91. The van der Waals surface area contributed by atoms with Crippen LogP contribution in [0.25, 0.3) is 10.9 Å². The van der Waals surface area contributed by atoms with Crippen LogP contribution in [0, 0.1) is 12.3 Å². The third kappa shape index (κ3) is 6.81. The number of carbonyl (C=O) groups is 3. The third-order valence-electron chi connectivity index (χ3n) is 6.11. The molecule has 10 nitrogen and oxygen atoms in total. The van der Waals surface area contributed by atoms with Gasteiger partial charge in [0.25, 0.3) is 0 Å². The molecule has 0 aliphatic carbocycles. The molecule has 0 radical (unpaired) electrons. The van der Waals surface area contributed by atoms with Crippen LogP contribution in [0.2, 0.25) is 0 Å². The van der Waals surface area contributed by atoms with E-state index in [0.29, 0.717) is 17.0 Å². The minimum Gasteiger partial charge on any atom is -0.497 e. The van der Waals surface area contributed by atoms with Gasteiger partial charge in [-0.25, -0.2) is 9.59 Å². The maximum Gasteiger partial charge on any atom is 0.326 e. The van der Waals surface area contributed by atoms with Crippen molar-refractivity contribution in [2.75, 3.05) is 13.7 Å². The van der Waals surface area contributed by atoms with E-state index in [2.05, 4.69) is 15.6 Å². The Kier molecular flexibility index (Phi) is 7.90. The van der Waals surface area contributed by atoms with Crippen LogP contribution in [0.15, 0.2) is 24.3 Å². The molecule has 1 aliphatic rings. The first-order valence-electron chi connectivity index (χ1n) is 12.3. The molecule has 3 amide bonds. The molecule has 2 heterocycles. The zero-order valence-electron chi connectivity index (χ0n) is 22.8. The number of carboxylic acids is 1. The number of aliphatic carboxylic acids is 1. The molecule has 1 saturated heterocycles. The predicted molar refractivity (Wildman–Crippen MR) is 140 cm³/mol. The van der Waals surface area contributed by atoms with Crippen molar-refractivity contribution in [3.63, 3.8) is 0 Å². The van der Waals surface area contributed by atoms with Gasteiger partial charge in [0.1, 0.15) is 29.7 Å². The van der Waals surface area contributed by atoms with E-state index in [4.69, 9.17) is 9.47 Å². The van der Waals surface area contributed by atoms with Crippen LogP contribution in [-0.2, 0) is 9.59 Å². The van der Waals surface area contributed by atoms with E-state index in [9.17, 15) is 19.5 Å². The van der Waals surface area contributed by atoms with Crippen molar-refractivity contribution in [1.82, 2.24) is 20.5 Å². The van der Waals surface area contributed by atoms with Crippen molar-refractivity contribution in [3.05, 3.63) is 30.0 Å². The van der Waals surface area contributed by atoms with Crippen LogP contribution in [0.3, 0.4) is 0 Å². The normalized spacial score (nSPS) is 18.9. The van der Waals surface area contributed by atoms with Crippen molar-refractivity contribution in [3.8, 4) is 11.5 Å². The summed E-state index contributed by atoms with van der Waals surface area (Å²) < 4.78 is 11.6. The summed E-state index contributed by atoms with van der Waals surface area (Å²) in [6.07, 6.45) is -0.438. The van der Waals surface area contributed by atoms with Gasteiger partial charge in [-0.1, -0.05) is 20.8 Å². The van der Waals surface area contributed by atoms with Gasteiger partial charge < -0.3 is 30.1 Å². The summed E-state index contributed by atoms with van der Waals surface area (Å²) in [5.74, 6) is -0.359. The van der Waals surface area contributed by atoms with E-state index in [1.54, 1.807) is 19.2 Å². The lowest BCUT2D eigenvalue weighted by Crippen LogP contribution is -2.60. The number of fused-ring (bicyclic) bond motifs is 1. The number of carbonyl (C=O) groups excluding carboxylic acids is 2. The van der Waals surface area contributed by atoms with Crippen LogP contribution >= 0.6 is 0 Å². The number of likely N-dealkylation sites (tertiary alicyclic amines) is 1. The zero-order valence-corrected chi connectivity index (χ0v) is 22.8. The highest BCUT2D eigenvalue weighted by Crippen LogP contribution is 2.32. The average molecular weight is 515 g/mol. The van der Waals surface area contributed by atoms with E-state index in [1.165, 1.54) is 4.90 Å². The second-order valence-electron chi connectivity index (χ2n) is 11.6. The van der Waals surface area contributed by atoms with Gasteiger partial charge in [0.15, 0.2) is 0 Å². The van der Waals surface area contributed by atoms with E-state index < -0.39 is 47.0 Å². The lowest BCUT2D eigenvalue weighted by Gasteiger charge is -2.35. The monoisotopic (exact) mass is 514 g/mol. The first-order chi connectivity index (χ1) is 17.1. The Balaban J connectivity index is 1.86. The van der Waals surface area contributed by atoms with Gasteiger partial charge in [0, 0.05) is 35.2 Å². The number of benzene rings is 1. The topological polar surface area (TPSA) is 130 Å². The number of hydrogen-bond acceptors (Lipinski definition) is 6. The number of urea groups is 1. The molecular formula is C27H38N4O6. The summed E-state index contributed by atoms with van der Waals surface area (Å²) in [5.41, 5.74) is 0.266. The number of pyridine rings is 1. The highest BCUT2D eigenvalue weighted by atomic mass is 16.5. The second-order valence-corrected chi connectivity index (χ2v) is 11.6. The molecule has 1 aromatic carbocycles. The number of carboxylic acid groups (broad SMARTS) is 1. The number of aromatic nitrogens is 1. The molecule has 0 bridgehead atoms. The molecule has 3 unspecified atom stereocenters. The Bertz CT molecular complexity index is 1180. The van der Waals surface area contributed by atoms with Crippen molar-refractivity contribution >= 4 is 28.8 Å². The SMILES string of the molecule is COc1ccc2c(OC3CC(C(=O)O)N(C(=O)C(NC(=O)NC(C)(C)C)C(C)(C)C)C3)cc(C)nc2c1. The maximum atomic E-state index is 13.7. The van der Waals surface area contributed by atoms with Gasteiger partial charge >= 0.3 is 12.0 Å². The summed E-state index contributed by atoms with van der Waals surface area (Å²) in [7, 11) is 1.58. The molecule has 202 valence electrons. The van der Waals surface area contributed by atoms with Crippen molar-refractivity contribution in [1.29, 1.82) is 0 Å². The first kappa shape index (κ1) is 28.0. The number of amides is 3. The van der Waals surface area contributed by atoms with Crippen molar-refractivity contribution < 1.29 is 29.0 Å². The fourth-order valence-electron chi connectivity index (χ4n) is 4.39. The maximum absolute atomic E-state index is 13.7. The lowest BCUT2D eigenvalue weighted by atomic mass is 9.85. The molecule has 2 aromatic rings. The van der Waals surface area contributed by atoms with E-state index in [1.807, 2.05) is 60.6 Å². The van der Waals surface area contributed by atoms with Crippen LogP contribution in [0.5, 0.6) is 11.5 Å². The largest absolute Gasteiger partial charge is 0.497 e. The second kappa shape index (κ2) is 10.4. The van der Waals surface area contributed by atoms with E-state index >= 15 is 0 Å². The molecule has 3 atom stereocenters. The molecule has 37 heavy (non-hydrogen) atoms. The summed E-state index contributed by atoms with van der Waals surface area (Å²) in [6.45, 7) is 12.9. The van der Waals surface area contributed by atoms with Gasteiger partial charge in [0.2, 0.25) is 5.91 Å². The minimum absolute atomic E-state index is 0.0734. The summed E-state index contributed by atoms with van der Waals surface area (Å²) in [4.78, 5) is 44.3. The Labute approximate surface area is 217 Å². The molecule has 1 aromatic heterocycles. The fraction of sp³-hybridized carbons (Fsp3) is 0.556. The molecule has 0 spiro atoms. The summed E-state index contributed by atoms with van der Waals surface area (Å²) in [6, 6.07) is 4.74. The molecule has 0 saturated carbocycles. The molecule has 10 heteroatoms. The standard InChI is InChI=1S/C27H38N4O6/c1-15-11-21(18-10-9-16(36-8)12-19(18)28-15)37-17-13-20(24(33)34)31(14-17)23(32)22(26(2,3)4)29-25(35)30-27(5,6)7/h9-12,17,20,22H,13-14H2,1-8H3,(H,33,34)(H2,29,30,35). The lowest BCUT2D eigenvalue weighted by molar-refractivity contribution is -0.150. The van der Waals surface area contributed by atoms with Crippen LogP contribution < -0.4 is 20.1 Å². The Morgan fingerprint density at radius 3 is 2.38 bits per heavy atom. The zero-order chi connectivity index (χ0) is 27.7. The van der Waals surface area contributed by atoms with Gasteiger partial charge in [-0.3, -0.25) is 9.78 Å². The van der Waals surface area contributed by atoms with Crippen molar-refractivity contribution in [2.45, 2.75) is 78.6 Å². The number of nitrogens with one attached hydrogen (secondary N) is 2. The van der Waals surface area contributed by atoms with E-state index in [-0.39, 0.29) is 13.0 Å². The molecule has 3 N–H and O–H groups in total. The van der Waals surface area contributed by atoms with Crippen LogP contribution in [0.1, 0.15) is 53.7 Å². The fourth-order valence-corrected chi connectivity index (χ4v) is 4.39. The predicted octanol–water partition coefficient (Wildman–Crippen LogP) is 3.50. The molecular weight excluding hydrogens is 476 g/mol. The minimum atomic E-state index is -1.12. The van der Waals surface area contributed by atoms with Gasteiger partial charge in [-0.2, -0.15) is 0 Å². The molecule has 1 fully saturated rings. The molecule has 3 rings (SSSR count). The number of nitrogens with zero attached hydrogens (tertiary/aromatic N) is 2. The quantitative estimate of drug-likeness (QED) is 0.538. The Morgan fingerprint density at radius 2 is 1.81 bits per heavy atom. The number of methoxy groups -OCH3 is 1. The average Bonchev–Trinajstić information content (AvgIpc) is 3.18. The van der Waals surface area contributed by atoms with Crippen LogP contribution in [0.4, 0.5) is 4.79 Å². The Morgan fingerprint density at radius 1 is 1.14 bits per heavy atom. The smallest absolute Gasteiger partial charge is 0.326 e.